The summed E-state index contributed by atoms with van der Waals surface area (Å²) in [5, 5.41) is 0. The van der Waals surface area contributed by atoms with E-state index in [1.54, 1.807) is 0 Å². The van der Waals surface area contributed by atoms with E-state index in [1.807, 2.05) is 0 Å². The van der Waals surface area contributed by atoms with Gasteiger partial charge in [-0.1, -0.05) is 146 Å². The van der Waals surface area contributed by atoms with E-state index in [9.17, 15) is 0 Å². The minimum atomic E-state index is -0.520. The molecule has 0 atom stereocenters. The first kappa shape index (κ1) is 28.1. The van der Waals surface area contributed by atoms with Crippen molar-refractivity contribution in [3.05, 3.63) is 226 Å². The van der Waals surface area contributed by atoms with E-state index in [0.29, 0.717) is 0 Å². The predicted octanol–water partition coefficient (Wildman–Crippen LogP) is 12.3. The van der Waals surface area contributed by atoms with Crippen molar-refractivity contribution in [3.63, 3.8) is 0 Å². The summed E-state index contributed by atoms with van der Waals surface area (Å²) in [6.45, 7) is 0. The summed E-state index contributed by atoms with van der Waals surface area (Å²) in [7, 11) is 0. The topological polar surface area (TPSA) is 18.5 Å². The number of ether oxygens (including phenoxy) is 2. The molecule has 2 aliphatic heterocycles. The highest BCUT2D eigenvalue weighted by atomic mass is 16.5. The predicted molar refractivity (Wildman–Crippen MR) is 207 cm³/mol. The van der Waals surface area contributed by atoms with Gasteiger partial charge in [0.2, 0.25) is 0 Å². The summed E-state index contributed by atoms with van der Waals surface area (Å²) in [5.74, 6) is 3.60. The van der Waals surface area contributed by atoms with Crippen LogP contribution in [-0.4, -0.2) is 0 Å². The molecule has 242 valence electrons. The van der Waals surface area contributed by atoms with Crippen LogP contribution in [0, 0.1) is 0 Å². The molecule has 0 bridgehead atoms. The van der Waals surface area contributed by atoms with Crippen LogP contribution in [0.25, 0.3) is 33.4 Å². The second kappa shape index (κ2) is 9.99. The molecule has 0 saturated heterocycles. The van der Waals surface area contributed by atoms with Crippen molar-refractivity contribution in [1.82, 2.24) is 0 Å². The van der Waals surface area contributed by atoms with Gasteiger partial charge in [-0.3, -0.25) is 0 Å². The third-order valence-corrected chi connectivity index (χ3v) is 12.0. The smallest absolute Gasteiger partial charge is 0.132 e. The molecule has 4 aliphatic rings. The fourth-order valence-corrected chi connectivity index (χ4v) is 10.1. The molecule has 0 N–H and O–H groups in total. The first-order valence-electron chi connectivity index (χ1n) is 18.0. The summed E-state index contributed by atoms with van der Waals surface area (Å²) in [4.78, 5) is 0. The van der Waals surface area contributed by atoms with Crippen LogP contribution in [0.3, 0.4) is 0 Å². The van der Waals surface area contributed by atoms with Gasteiger partial charge in [-0.15, -0.1) is 0 Å². The lowest BCUT2D eigenvalue weighted by Crippen LogP contribution is -2.32. The van der Waals surface area contributed by atoms with Crippen LogP contribution in [-0.2, 0) is 10.8 Å². The van der Waals surface area contributed by atoms with Crippen LogP contribution in [0.4, 0.5) is 0 Å². The third kappa shape index (κ3) is 3.31. The van der Waals surface area contributed by atoms with Crippen LogP contribution in [0.2, 0.25) is 0 Å². The zero-order valence-corrected chi connectivity index (χ0v) is 28.1. The first-order valence-corrected chi connectivity index (χ1v) is 18.0. The largest absolute Gasteiger partial charge is 0.457 e. The summed E-state index contributed by atoms with van der Waals surface area (Å²) < 4.78 is 13.4. The van der Waals surface area contributed by atoms with Gasteiger partial charge in [0.05, 0.1) is 10.8 Å². The Morgan fingerprint density at radius 2 is 0.577 bits per heavy atom. The van der Waals surface area contributed by atoms with Gasteiger partial charge in [-0.25, -0.2) is 0 Å². The van der Waals surface area contributed by atoms with Gasteiger partial charge in [-0.05, 0) is 92.0 Å². The van der Waals surface area contributed by atoms with E-state index < -0.39 is 10.8 Å². The van der Waals surface area contributed by atoms with Crippen molar-refractivity contribution in [2.75, 3.05) is 0 Å². The summed E-state index contributed by atoms with van der Waals surface area (Å²) in [6, 6.07) is 66.3. The van der Waals surface area contributed by atoms with Crippen molar-refractivity contribution in [3.8, 4) is 56.4 Å². The maximum absolute atomic E-state index is 6.76. The zero-order valence-electron chi connectivity index (χ0n) is 28.1. The monoisotopic (exact) mass is 662 g/mol. The fraction of sp³-hybridized carbons (Fsp3) is 0.0400. The van der Waals surface area contributed by atoms with Crippen molar-refractivity contribution in [2.24, 2.45) is 0 Å². The second-order valence-electron chi connectivity index (χ2n) is 14.3. The molecule has 2 heterocycles. The number of benzene rings is 8. The van der Waals surface area contributed by atoms with E-state index in [1.165, 1.54) is 72.3 Å². The van der Waals surface area contributed by atoms with Crippen LogP contribution < -0.4 is 9.47 Å². The number of hydrogen-bond acceptors (Lipinski definition) is 2. The molecule has 2 aliphatic carbocycles. The minimum absolute atomic E-state index is 0.514. The van der Waals surface area contributed by atoms with Crippen molar-refractivity contribution in [2.45, 2.75) is 10.8 Å². The second-order valence-corrected chi connectivity index (χ2v) is 14.3. The summed E-state index contributed by atoms with van der Waals surface area (Å²) in [6.07, 6.45) is 0. The quantitative estimate of drug-likeness (QED) is 0.174. The average Bonchev–Trinajstić information content (AvgIpc) is 3.66. The maximum Gasteiger partial charge on any atom is 0.132 e. The lowest BCUT2D eigenvalue weighted by molar-refractivity contribution is 0.436. The molecular formula is C50H30O2. The molecule has 0 unspecified atom stereocenters. The molecule has 2 heteroatoms. The van der Waals surface area contributed by atoms with Gasteiger partial charge < -0.3 is 9.47 Å². The Labute approximate surface area is 302 Å². The molecular weight excluding hydrogens is 633 g/mol. The first-order chi connectivity index (χ1) is 25.8. The number of rotatable bonds is 1. The Balaban J connectivity index is 1.13. The molecule has 12 rings (SSSR count). The van der Waals surface area contributed by atoms with E-state index in [2.05, 4.69) is 182 Å². The maximum atomic E-state index is 6.76. The molecule has 2 nitrogen and oxygen atoms in total. The summed E-state index contributed by atoms with van der Waals surface area (Å²) >= 11 is 0. The fourth-order valence-electron chi connectivity index (χ4n) is 10.1. The van der Waals surface area contributed by atoms with Crippen LogP contribution >= 0.6 is 0 Å². The minimum Gasteiger partial charge on any atom is -0.457 e. The van der Waals surface area contributed by atoms with Gasteiger partial charge in [0.15, 0.2) is 0 Å². The van der Waals surface area contributed by atoms with E-state index >= 15 is 0 Å². The molecule has 8 aromatic carbocycles. The molecule has 0 aromatic heterocycles. The van der Waals surface area contributed by atoms with Gasteiger partial charge >= 0.3 is 0 Å². The Morgan fingerprint density at radius 3 is 1.06 bits per heavy atom. The SMILES string of the molecule is c1ccc2c(c1)Oc1ccc(-c3ccc4c(c3)C3(c5ccccc5Oc5ccccc53)c3ccccc3-4)cc1C21c2ccccc2-c2ccccc21. The van der Waals surface area contributed by atoms with E-state index in [0.717, 1.165) is 28.6 Å². The zero-order chi connectivity index (χ0) is 34.0. The Morgan fingerprint density at radius 1 is 0.250 bits per heavy atom. The molecule has 2 spiro atoms. The van der Waals surface area contributed by atoms with Crippen molar-refractivity contribution in [1.29, 1.82) is 0 Å². The highest BCUT2D eigenvalue weighted by Crippen LogP contribution is 2.64. The van der Waals surface area contributed by atoms with Gasteiger partial charge in [0.1, 0.15) is 23.0 Å². The number of para-hydroxylation sites is 3. The summed E-state index contributed by atoms with van der Waals surface area (Å²) in [5.41, 5.74) is 16.2. The standard InChI is InChI=1S/C50H30O2/c1-4-16-37-33(13-1)34-14-2-5-17-38(34)49(37)40-19-7-10-22-45(40)52-48-28-26-32(30-44(48)49)31-25-27-36-35-15-3-6-18-39(35)50(43(36)29-31)41-20-8-11-23-46(41)51-47-24-12-9-21-42(47)50/h1-30H. The van der Waals surface area contributed by atoms with Crippen LogP contribution in [0.1, 0.15) is 44.5 Å². The van der Waals surface area contributed by atoms with Gasteiger partial charge in [-0.2, -0.15) is 0 Å². The number of hydrogen-bond donors (Lipinski definition) is 0. The Kier molecular flexibility index (Phi) is 5.40. The van der Waals surface area contributed by atoms with Crippen LogP contribution in [0.5, 0.6) is 23.0 Å². The van der Waals surface area contributed by atoms with Crippen molar-refractivity contribution < 1.29 is 9.47 Å². The average molecular weight is 663 g/mol. The normalized spacial score (nSPS) is 15.2. The van der Waals surface area contributed by atoms with E-state index in [4.69, 9.17) is 9.47 Å². The lowest BCUT2D eigenvalue weighted by Gasteiger charge is -2.40. The Bertz CT molecular complexity index is 2730. The molecule has 0 fully saturated rings. The molecule has 52 heavy (non-hydrogen) atoms. The van der Waals surface area contributed by atoms with Gasteiger partial charge in [0, 0.05) is 22.3 Å². The number of fused-ring (bicyclic) bond motifs is 18. The van der Waals surface area contributed by atoms with Crippen LogP contribution in [0.15, 0.2) is 182 Å². The Hall–Kier alpha value is -6.64. The highest BCUT2D eigenvalue weighted by Gasteiger charge is 2.52. The van der Waals surface area contributed by atoms with Gasteiger partial charge in [0.25, 0.3) is 0 Å². The molecule has 8 aromatic rings. The lowest BCUT2D eigenvalue weighted by atomic mass is 9.65. The molecule has 0 saturated carbocycles. The molecule has 0 amide bonds. The van der Waals surface area contributed by atoms with E-state index in [-0.39, 0.29) is 0 Å². The highest BCUT2D eigenvalue weighted by molar-refractivity contribution is 5.92. The van der Waals surface area contributed by atoms with Crippen molar-refractivity contribution >= 4 is 0 Å². The third-order valence-electron chi connectivity index (χ3n) is 12.0. The molecule has 0 radical (unpaired) electrons.